The van der Waals surface area contributed by atoms with Gasteiger partial charge in [0.2, 0.25) is 0 Å². The number of rotatable bonds is 5. The molecule has 1 aliphatic heterocycles. The lowest BCUT2D eigenvalue weighted by Gasteiger charge is -2.31. The van der Waals surface area contributed by atoms with Crippen LogP contribution in [-0.2, 0) is 13.0 Å². The smallest absolute Gasteiger partial charge is 0.320 e. The molecule has 0 bridgehead atoms. The van der Waals surface area contributed by atoms with E-state index in [2.05, 4.69) is 26.6 Å². The Morgan fingerprint density at radius 3 is 2.52 bits per heavy atom. The largest absolute Gasteiger partial charge is 0.493 e. The van der Waals surface area contributed by atoms with Crippen molar-refractivity contribution in [3.8, 4) is 11.5 Å². The number of pyridine rings is 1. The van der Waals surface area contributed by atoms with Crippen LogP contribution >= 0.6 is 0 Å². The predicted molar refractivity (Wildman–Crippen MR) is 104 cm³/mol. The van der Waals surface area contributed by atoms with Crippen molar-refractivity contribution < 1.29 is 14.3 Å². The van der Waals surface area contributed by atoms with Gasteiger partial charge in [0.25, 0.3) is 0 Å². The van der Waals surface area contributed by atoms with Crippen LogP contribution in [0.25, 0.3) is 0 Å². The van der Waals surface area contributed by atoms with Crippen LogP contribution in [0.15, 0.2) is 30.5 Å². The number of methoxy groups -OCH3 is 2. The van der Waals surface area contributed by atoms with E-state index in [0.717, 1.165) is 49.5 Å². The van der Waals surface area contributed by atoms with Gasteiger partial charge in [-0.25, -0.2) is 9.78 Å². The first-order valence-corrected chi connectivity index (χ1v) is 9.18. The number of nitrogens with one attached hydrogen (secondary N) is 2. The van der Waals surface area contributed by atoms with E-state index in [-0.39, 0.29) is 6.03 Å². The molecule has 27 heavy (non-hydrogen) atoms. The van der Waals surface area contributed by atoms with Crippen molar-refractivity contribution in [2.45, 2.75) is 31.8 Å². The Kier molecular flexibility index (Phi) is 4.75. The number of fused-ring (bicyclic) bond motifs is 1. The summed E-state index contributed by atoms with van der Waals surface area (Å²) in [6.45, 7) is 1.69. The van der Waals surface area contributed by atoms with E-state index in [9.17, 15) is 4.79 Å². The summed E-state index contributed by atoms with van der Waals surface area (Å²) < 4.78 is 10.8. The number of aromatic nitrogens is 1. The SMILES string of the molecule is COc1cc2c(cc1OC)CN(c1ccc(NC(=O)NC3CC3)nc1)CC2. The lowest BCUT2D eigenvalue weighted by atomic mass is 9.98. The van der Waals surface area contributed by atoms with E-state index in [4.69, 9.17) is 9.47 Å². The number of carbonyl (C=O) groups excluding carboxylic acids is 1. The second-order valence-corrected chi connectivity index (χ2v) is 6.92. The first-order chi connectivity index (χ1) is 13.2. The third-order valence-corrected chi connectivity index (χ3v) is 4.99. The molecular weight excluding hydrogens is 344 g/mol. The van der Waals surface area contributed by atoms with Crippen molar-refractivity contribution in [1.29, 1.82) is 0 Å². The quantitative estimate of drug-likeness (QED) is 0.849. The molecule has 1 aliphatic carbocycles. The molecule has 2 aliphatic rings. The summed E-state index contributed by atoms with van der Waals surface area (Å²) in [4.78, 5) is 18.5. The van der Waals surface area contributed by atoms with E-state index >= 15 is 0 Å². The fourth-order valence-corrected chi connectivity index (χ4v) is 3.32. The summed E-state index contributed by atoms with van der Waals surface area (Å²) in [5.74, 6) is 2.07. The molecule has 2 aromatic rings. The molecule has 2 amide bonds. The number of carbonyl (C=O) groups is 1. The van der Waals surface area contributed by atoms with Gasteiger partial charge in [-0.2, -0.15) is 0 Å². The lowest BCUT2D eigenvalue weighted by Crippen LogP contribution is -2.31. The summed E-state index contributed by atoms with van der Waals surface area (Å²) in [6.07, 6.45) is 4.86. The first kappa shape index (κ1) is 17.5. The molecule has 0 atom stereocenters. The van der Waals surface area contributed by atoms with Crippen LogP contribution in [0.3, 0.4) is 0 Å². The maximum Gasteiger partial charge on any atom is 0.320 e. The molecule has 0 saturated heterocycles. The maximum absolute atomic E-state index is 11.8. The molecule has 1 aromatic carbocycles. The Balaban J connectivity index is 1.44. The Morgan fingerprint density at radius 2 is 1.89 bits per heavy atom. The average molecular weight is 368 g/mol. The van der Waals surface area contributed by atoms with Gasteiger partial charge < -0.3 is 19.7 Å². The van der Waals surface area contributed by atoms with Crippen LogP contribution in [-0.4, -0.2) is 37.8 Å². The third kappa shape index (κ3) is 3.92. The lowest BCUT2D eigenvalue weighted by molar-refractivity contribution is 0.251. The van der Waals surface area contributed by atoms with Crippen LogP contribution in [0.5, 0.6) is 11.5 Å². The van der Waals surface area contributed by atoms with Crippen molar-refractivity contribution in [3.05, 3.63) is 41.6 Å². The Bertz CT molecular complexity index is 834. The van der Waals surface area contributed by atoms with Crippen molar-refractivity contribution in [2.24, 2.45) is 0 Å². The highest BCUT2D eigenvalue weighted by atomic mass is 16.5. The third-order valence-electron chi connectivity index (χ3n) is 4.99. The summed E-state index contributed by atoms with van der Waals surface area (Å²) >= 11 is 0. The number of hydrogen-bond acceptors (Lipinski definition) is 5. The van der Waals surface area contributed by atoms with E-state index in [1.807, 2.05) is 18.2 Å². The zero-order valence-electron chi connectivity index (χ0n) is 15.6. The van der Waals surface area contributed by atoms with Gasteiger partial charge in [-0.05, 0) is 54.7 Å². The monoisotopic (exact) mass is 368 g/mol. The number of anilines is 2. The Labute approximate surface area is 158 Å². The molecule has 142 valence electrons. The molecule has 0 radical (unpaired) electrons. The number of urea groups is 1. The average Bonchev–Trinajstić information content (AvgIpc) is 3.50. The standard InChI is InChI=1S/C20H24N4O3/c1-26-17-9-13-7-8-24(12-14(13)10-18(17)27-2)16-5-6-19(21-11-16)23-20(25)22-15-3-4-15/h5-6,9-11,15H,3-4,7-8,12H2,1-2H3,(H2,21,22,23,25). The summed E-state index contributed by atoms with van der Waals surface area (Å²) in [5, 5.41) is 5.67. The maximum atomic E-state index is 11.8. The Hall–Kier alpha value is -2.96. The predicted octanol–water partition coefficient (Wildman–Crippen LogP) is 2.95. The van der Waals surface area contributed by atoms with Gasteiger partial charge in [-0.3, -0.25) is 5.32 Å². The highest BCUT2D eigenvalue weighted by molar-refractivity contribution is 5.88. The fraction of sp³-hybridized carbons (Fsp3) is 0.400. The fourth-order valence-electron chi connectivity index (χ4n) is 3.32. The van der Waals surface area contributed by atoms with Gasteiger partial charge in [0.15, 0.2) is 11.5 Å². The van der Waals surface area contributed by atoms with E-state index in [1.165, 1.54) is 11.1 Å². The van der Waals surface area contributed by atoms with Crippen LogP contribution in [0.2, 0.25) is 0 Å². The molecule has 1 fully saturated rings. The molecule has 2 N–H and O–H groups in total. The van der Waals surface area contributed by atoms with Gasteiger partial charge in [-0.15, -0.1) is 0 Å². The summed E-state index contributed by atoms with van der Waals surface area (Å²) in [5.41, 5.74) is 3.54. The molecule has 0 spiro atoms. The molecule has 7 heteroatoms. The van der Waals surface area contributed by atoms with Crippen molar-refractivity contribution in [2.75, 3.05) is 31.0 Å². The number of benzene rings is 1. The molecule has 0 unspecified atom stereocenters. The van der Waals surface area contributed by atoms with Gasteiger partial charge in [-0.1, -0.05) is 0 Å². The molecule has 7 nitrogen and oxygen atoms in total. The van der Waals surface area contributed by atoms with Gasteiger partial charge in [0, 0.05) is 19.1 Å². The second-order valence-electron chi connectivity index (χ2n) is 6.92. The normalized spacial score (nSPS) is 15.7. The molecule has 1 aromatic heterocycles. The van der Waals surface area contributed by atoms with Gasteiger partial charge in [0.05, 0.1) is 26.1 Å². The highest BCUT2D eigenvalue weighted by Crippen LogP contribution is 2.34. The minimum atomic E-state index is -0.189. The van der Waals surface area contributed by atoms with Gasteiger partial charge >= 0.3 is 6.03 Å². The zero-order chi connectivity index (χ0) is 18.8. The number of nitrogens with zero attached hydrogens (tertiary/aromatic N) is 2. The van der Waals surface area contributed by atoms with E-state index in [1.54, 1.807) is 20.4 Å². The van der Waals surface area contributed by atoms with Crippen molar-refractivity contribution in [3.63, 3.8) is 0 Å². The minimum Gasteiger partial charge on any atom is -0.493 e. The zero-order valence-corrected chi connectivity index (χ0v) is 15.6. The molecular formula is C20H24N4O3. The van der Waals surface area contributed by atoms with Crippen molar-refractivity contribution >= 4 is 17.5 Å². The number of hydrogen-bond donors (Lipinski definition) is 2. The molecule has 2 heterocycles. The number of ether oxygens (including phenoxy) is 2. The molecule has 1 saturated carbocycles. The van der Waals surface area contributed by atoms with Crippen LogP contribution < -0.4 is 25.0 Å². The van der Waals surface area contributed by atoms with Crippen molar-refractivity contribution in [1.82, 2.24) is 10.3 Å². The second kappa shape index (κ2) is 7.34. The van der Waals surface area contributed by atoms with Crippen LogP contribution in [0, 0.1) is 0 Å². The highest BCUT2D eigenvalue weighted by Gasteiger charge is 2.23. The van der Waals surface area contributed by atoms with E-state index < -0.39 is 0 Å². The van der Waals surface area contributed by atoms with Gasteiger partial charge in [0.1, 0.15) is 5.82 Å². The molecule has 4 rings (SSSR count). The van der Waals surface area contributed by atoms with Crippen LogP contribution in [0.1, 0.15) is 24.0 Å². The number of amides is 2. The minimum absolute atomic E-state index is 0.189. The first-order valence-electron chi connectivity index (χ1n) is 9.18. The van der Waals surface area contributed by atoms with Crippen LogP contribution in [0.4, 0.5) is 16.3 Å². The Morgan fingerprint density at radius 1 is 1.15 bits per heavy atom. The topological polar surface area (TPSA) is 75.7 Å². The summed E-state index contributed by atoms with van der Waals surface area (Å²) in [6, 6.07) is 8.08. The summed E-state index contributed by atoms with van der Waals surface area (Å²) in [7, 11) is 3.31. The van der Waals surface area contributed by atoms with E-state index in [0.29, 0.717) is 11.9 Å².